The van der Waals surface area contributed by atoms with Crippen LogP contribution in [-0.2, 0) is 16.0 Å². The molecule has 0 saturated heterocycles. The Balaban J connectivity index is 2.94. The number of aromatic hydroxyl groups is 3. The van der Waals surface area contributed by atoms with Crippen LogP contribution in [0.3, 0.4) is 0 Å². The molecule has 0 aliphatic carbocycles. The second-order valence-electron chi connectivity index (χ2n) is 3.98. The van der Waals surface area contributed by atoms with Gasteiger partial charge in [-0.15, -0.1) is 0 Å². The van der Waals surface area contributed by atoms with Crippen molar-refractivity contribution in [2.24, 2.45) is 11.7 Å². The first-order valence-corrected chi connectivity index (χ1v) is 5.31. The molecule has 1 rings (SSSR count). The molecule has 0 aliphatic rings. The summed E-state index contributed by atoms with van der Waals surface area (Å²) >= 11 is 0. The maximum absolute atomic E-state index is 11.2. The maximum Gasteiger partial charge on any atom is 0.244 e. The second kappa shape index (κ2) is 5.91. The molecule has 0 aromatic heterocycles. The summed E-state index contributed by atoms with van der Waals surface area (Å²) in [4.78, 5) is 22.2. The normalized spacial score (nSPS) is 11.8. The van der Waals surface area contributed by atoms with Crippen molar-refractivity contribution in [1.29, 1.82) is 0 Å². The van der Waals surface area contributed by atoms with Gasteiger partial charge in [-0.25, -0.2) is 5.48 Å². The number of carbonyl (C=O) groups is 2. The van der Waals surface area contributed by atoms with Crippen LogP contribution in [0.4, 0.5) is 0 Å². The Kier molecular flexibility index (Phi) is 4.54. The lowest BCUT2D eigenvalue weighted by Crippen LogP contribution is -2.31. The zero-order valence-corrected chi connectivity index (χ0v) is 9.83. The van der Waals surface area contributed by atoms with Gasteiger partial charge in [0.25, 0.3) is 0 Å². The molecule has 0 spiro atoms. The molecule has 2 amide bonds. The highest BCUT2D eigenvalue weighted by Crippen LogP contribution is 2.38. The molecule has 0 heterocycles. The van der Waals surface area contributed by atoms with Gasteiger partial charge in [-0.1, -0.05) is 6.07 Å². The molecule has 0 fully saturated rings. The van der Waals surface area contributed by atoms with E-state index in [1.807, 2.05) is 0 Å². The van der Waals surface area contributed by atoms with Crippen molar-refractivity contribution in [3.63, 3.8) is 0 Å². The number of amides is 2. The van der Waals surface area contributed by atoms with Crippen LogP contribution < -0.4 is 11.2 Å². The van der Waals surface area contributed by atoms with Crippen molar-refractivity contribution in [3.05, 3.63) is 17.7 Å². The molecule has 104 valence electrons. The minimum atomic E-state index is -0.970. The number of primary amides is 1. The van der Waals surface area contributed by atoms with Crippen LogP contribution in [0.5, 0.6) is 17.2 Å². The van der Waals surface area contributed by atoms with E-state index in [9.17, 15) is 19.8 Å². The molecule has 8 heteroatoms. The van der Waals surface area contributed by atoms with E-state index in [1.54, 1.807) is 0 Å². The van der Waals surface area contributed by atoms with E-state index >= 15 is 0 Å². The van der Waals surface area contributed by atoms with Crippen LogP contribution in [-0.4, -0.2) is 32.3 Å². The number of nitrogens with one attached hydrogen (secondary N) is 1. The fourth-order valence-corrected chi connectivity index (χ4v) is 1.58. The average molecular weight is 270 g/mol. The lowest BCUT2D eigenvalue weighted by molar-refractivity contribution is -0.133. The Hall–Kier alpha value is -2.48. The van der Waals surface area contributed by atoms with E-state index in [1.165, 1.54) is 11.5 Å². The first-order chi connectivity index (χ1) is 8.86. The second-order valence-corrected chi connectivity index (χ2v) is 3.98. The van der Waals surface area contributed by atoms with Crippen molar-refractivity contribution >= 4 is 11.8 Å². The van der Waals surface area contributed by atoms with Gasteiger partial charge in [0.05, 0.1) is 5.92 Å². The minimum Gasteiger partial charge on any atom is -0.504 e. The van der Waals surface area contributed by atoms with Crippen molar-refractivity contribution in [2.45, 2.75) is 12.8 Å². The number of carbonyl (C=O) groups excluding carboxylic acids is 2. The molecular weight excluding hydrogens is 256 g/mol. The third-order valence-electron chi connectivity index (χ3n) is 2.64. The highest BCUT2D eigenvalue weighted by Gasteiger charge is 2.22. The van der Waals surface area contributed by atoms with E-state index in [-0.39, 0.29) is 18.4 Å². The SMILES string of the molecule is NC(=O)C(CC(=O)NO)Cc1ccc(O)c(O)c1O. The van der Waals surface area contributed by atoms with Crippen LogP contribution in [0.25, 0.3) is 0 Å². The predicted molar refractivity (Wildman–Crippen MR) is 62.4 cm³/mol. The summed E-state index contributed by atoms with van der Waals surface area (Å²) in [7, 11) is 0. The van der Waals surface area contributed by atoms with Crippen LogP contribution in [0.15, 0.2) is 12.1 Å². The molecule has 8 nitrogen and oxygen atoms in total. The van der Waals surface area contributed by atoms with Crippen molar-refractivity contribution in [3.8, 4) is 17.2 Å². The molecule has 1 atom stereocenters. The highest BCUT2D eigenvalue weighted by molar-refractivity contribution is 5.84. The zero-order chi connectivity index (χ0) is 14.6. The van der Waals surface area contributed by atoms with E-state index < -0.39 is 35.0 Å². The summed E-state index contributed by atoms with van der Waals surface area (Å²) in [5.74, 6) is -4.38. The quantitative estimate of drug-likeness (QED) is 0.237. The van der Waals surface area contributed by atoms with E-state index in [0.29, 0.717) is 0 Å². The van der Waals surface area contributed by atoms with Crippen LogP contribution in [0, 0.1) is 5.92 Å². The number of hydroxylamine groups is 1. The topological polar surface area (TPSA) is 153 Å². The lowest BCUT2D eigenvalue weighted by atomic mass is 9.94. The van der Waals surface area contributed by atoms with Crippen LogP contribution >= 0.6 is 0 Å². The molecule has 1 aromatic rings. The van der Waals surface area contributed by atoms with E-state index in [2.05, 4.69) is 0 Å². The number of phenolic OH excluding ortho intramolecular Hbond substituents is 3. The fourth-order valence-electron chi connectivity index (χ4n) is 1.58. The predicted octanol–water partition coefficient (Wildman–Crippen LogP) is -0.657. The maximum atomic E-state index is 11.2. The average Bonchev–Trinajstić information content (AvgIpc) is 2.37. The van der Waals surface area contributed by atoms with Gasteiger partial charge in [0, 0.05) is 6.42 Å². The van der Waals surface area contributed by atoms with Gasteiger partial charge in [-0.05, 0) is 18.1 Å². The summed E-state index contributed by atoms with van der Waals surface area (Å²) in [6.07, 6.45) is -0.491. The van der Waals surface area contributed by atoms with Crippen molar-refractivity contribution in [1.82, 2.24) is 5.48 Å². The van der Waals surface area contributed by atoms with Gasteiger partial charge in [-0.2, -0.15) is 0 Å². The zero-order valence-electron chi connectivity index (χ0n) is 9.83. The molecule has 0 aliphatic heterocycles. The number of benzene rings is 1. The highest BCUT2D eigenvalue weighted by atomic mass is 16.5. The molecule has 0 radical (unpaired) electrons. The standard InChI is InChI=1S/C11H14N2O6/c12-11(18)6(4-8(15)13-19)3-5-1-2-7(14)10(17)9(5)16/h1-2,6,14,16-17,19H,3-4H2,(H2,12,18)(H,13,15). The van der Waals surface area contributed by atoms with E-state index in [4.69, 9.17) is 16.0 Å². The number of nitrogens with two attached hydrogens (primary N) is 1. The number of phenols is 3. The largest absolute Gasteiger partial charge is 0.504 e. The Morgan fingerprint density at radius 2 is 1.84 bits per heavy atom. The lowest BCUT2D eigenvalue weighted by Gasteiger charge is -2.14. The monoisotopic (exact) mass is 270 g/mol. The van der Waals surface area contributed by atoms with Crippen LogP contribution in [0.1, 0.15) is 12.0 Å². The summed E-state index contributed by atoms with van der Waals surface area (Å²) in [5.41, 5.74) is 6.63. The van der Waals surface area contributed by atoms with Gasteiger partial charge >= 0.3 is 0 Å². The molecular formula is C11H14N2O6. The number of rotatable bonds is 5. The van der Waals surface area contributed by atoms with Gasteiger partial charge in [0.15, 0.2) is 11.5 Å². The molecule has 19 heavy (non-hydrogen) atoms. The Labute approximate surface area is 108 Å². The van der Waals surface area contributed by atoms with Crippen LogP contribution in [0.2, 0.25) is 0 Å². The van der Waals surface area contributed by atoms with Gasteiger partial charge < -0.3 is 21.1 Å². The Morgan fingerprint density at radius 1 is 1.21 bits per heavy atom. The summed E-state index contributed by atoms with van der Waals surface area (Å²) in [5, 5.41) is 36.5. The number of hydrogen-bond acceptors (Lipinski definition) is 6. The smallest absolute Gasteiger partial charge is 0.244 e. The first-order valence-electron chi connectivity index (χ1n) is 5.31. The minimum absolute atomic E-state index is 0.123. The summed E-state index contributed by atoms with van der Waals surface area (Å²) in [6, 6.07) is 2.42. The summed E-state index contributed by atoms with van der Waals surface area (Å²) in [6.45, 7) is 0. The van der Waals surface area contributed by atoms with E-state index in [0.717, 1.165) is 6.07 Å². The third kappa shape index (κ3) is 3.49. The van der Waals surface area contributed by atoms with Crippen molar-refractivity contribution in [2.75, 3.05) is 0 Å². The molecule has 1 unspecified atom stereocenters. The summed E-state index contributed by atoms with van der Waals surface area (Å²) < 4.78 is 0. The fraction of sp³-hybridized carbons (Fsp3) is 0.273. The van der Waals surface area contributed by atoms with Gasteiger partial charge in [-0.3, -0.25) is 14.8 Å². The molecule has 1 aromatic carbocycles. The van der Waals surface area contributed by atoms with Gasteiger partial charge in [0.2, 0.25) is 17.6 Å². The Morgan fingerprint density at radius 3 is 2.37 bits per heavy atom. The molecule has 7 N–H and O–H groups in total. The van der Waals surface area contributed by atoms with Gasteiger partial charge in [0.1, 0.15) is 0 Å². The first kappa shape index (κ1) is 14.6. The molecule has 0 saturated carbocycles. The molecule has 0 bridgehead atoms. The van der Waals surface area contributed by atoms with Crippen molar-refractivity contribution < 1.29 is 30.1 Å². The third-order valence-corrected chi connectivity index (χ3v) is 2.64. The number of hydrogen-bond donors (Lipinski definition) is 6. The Bertz CT molecular complexity index is 502.